The number of fused-ring (bicyclic) bond motifs is 1. The number of nitrogen functional groups attached to an aromatic ring is 1. The summed E-state index contributed by atoms with van der Waals surface area (Å²) in [7, 11) is 3.19. The third-order valence-corrected chi connectivity index (χ3v) is 7.39. The smallest absolute Gasteiger partial charge is 0.228 e. The highest BCUT2D eigenvalue weighted by Crippen LogP contribution is 2.37. The second-order valence-electron chi connectivity index (χ2n) is 9.42. The van der Waals surface area contributed by atoms with Crippen LogP contribution in [0.3, 0.4) is 0 Å². The van der Waals surface area contributed by atoms with E-state index in [-0.39, 0.29) is 5.92 Å². The summed E-state index contributed by atoms with van der Waals surface area (Å²) in [4.78, 5) is 26.8. The van der Waals surface area contributed by atoms with Crippen molar-refractivity contribution >= 4 is 28.6 Å². The molecule has 3 aromatic rings. The number of benzene rings is 2. The number of nitrogens with two attached hydrogens (primary N) is 1. The van der Waals surface area contributed by atoms with Gasteiger partial charge in [0.15, 0.2) is 11.5 Å². The largest absolute Gasteiger partial charge is 0.493 e. The molecule has 2 aromatic carbocycles. The molecule has 1 aliphatic heterocycles. The van der Waals surface area contributed by atoms with Gasteiger partial charge in [0.2, 0.25) is 11.9 Å². The van der Waals surface area contributed by atoms with Crippen molar-refractivity contribution in [3.63, 3.8) is 0 Å². The molecule has 2 heterocycles. The fraction of sp³-hybridized carbons (Fsp3) is 0.444. The topological polar surface area (TPSA) is 93.8 Å². The predicted molar refractivity (Wildman–Crippen MR) is 137 cm³/mol. The van der Waals surface area contributed by atoms with E-state index in [0.29, 0.717) is 66.8 Å². The molecule has 184 valence electrons. The van der Waals surface area contributed by atoms with Crippen LogP contribution < -0.4 is 20.1 Å². The molecule has 0 unspecified atom stereocenters. The maximum atomic E-state index is 13.4. The van der Waals surface area contributed by atoms with E-state index in [1.165, 1.54) is 12.0 Å². The first-order valence-electron chi connectivity index (χ1n) is 12.3. The van der Waals surface area contributed by atoms with Gasteiger partial charge in [-0.3, -0.25) is 4.79 Å². The molecule has 0 spiro atoms. The Morgan fingerprint density at radius 2 is 1.69 bits per heavy atom. The minimum atomic E-state index is 0.107. The van der Waals surface area contributed by atoms with Crippen molar-refractivity contribution in [2.75, 3.05) is 51.0 Å². The lowest BCUT2D eigenvalue weighted by Gasteiger charge is -2.38. The van der Waals surface area contributed by atoms with Crippen LogP contribution in [-0.2, 0) is 4.79 Å². The summed E-state index contributed by atoms with van der Waals surface area (Å²) in [6.07, 6.45) is 4.20. The maximum Gasteiger partial charge on any atom is 0.228 e. The number of anilines is 2. The van der Waals surface area contributed by atoms with Crippen LogP contribution in [0, 0.1) is 5.92 Å². The van der Waals surface area contributed by atoms with Crippen LogP contribution in [0.4, 0.5) is 11.8 Å². The van der Waals surface area contributed by atoms with Gasteiger partial charge in [-0.05, 0) is 36.8 Å². The number of carbonyl (C=O) groups excluding carboxylic acids is 1. The van der Waals surface area contributed by atoms with Gasteiger partial charge in [-0.2, -0.15) is 4.98 Å². The minimum absolute atomic E-state index is 0.107. The fourth-order valence-electron chi connectivity index (χ4n) is 5.44. The molecule has 1 aromatic heterocycles. The number of piperazine rings is 1. The van der Waals surface area contributed by atoms with Crippen molar-refractivity contribution in [1.82, 2.24) is 14.9 Å². The van der Waals surface area contributed by atoms with Crippen molar-refractivity contribution in [3.8, 4) is 11.5 Å². The molecule has 35 heavy (non-hydrogen) atoms. The highest BCUT2D eigenvalue weighted by molar-refractivity contribution is 5.91. The maximum absolute atomic E-state index is 13.4. The van der Waals surface area contributed by atoms with Crippen LogP contribution in [0.1, 0.15) is 37.2 Å². The first kappa shape index (κ1) is 23.2. The Hall–Kier alpha value is -3.55. The third kappa shape index (κ3) is 4.70. The average molecular weight is 476 g/mol. The number of carbonyl (C=O) groups is 1. The first-order chi connectivity index (χ1) is 17.1. The van der Waals surface area contributed by atoms with Crippen molar-refractivity contribution in [1.29, 1.82) is 0 Å². The number of hydrogen-bond acceptors (Lipinski definition) is 7. The second-order valence-corrected chi connectivity index (χ2v) is 9.42. The Morgan fingerprint density at radius 3 is 2.40 bits per heavy atom. The van der Waals surface area contributed by atoms with Gasteiger partial charge in [0, 0.05) is 43.5 Å². The molecule has 1 amide bonds. The number of amides is 1. The number of ether oxygens (including phenoxy) is 2. The molecule has 2 N–H and O–H groups in total. The van der Waals surface area contributed by atoms with E-state index in [0.717, 1.165) is 24.6 Å². The number of hydrogen-bond donors (Lipinski definition) is 1. The zero-order chi connectivity index (χ0) is 24.4. The quantitative estimate of drug-likeness (QED) is 0.599. The molecular formula is C27H33N5O3. The zero-order valence-electron chi connectivity index (χ0n) is 20.4. The summed E-state index contributed by atoms with van der Waals surface area (Å²) < 4.78 is 10.8. The van der Waals surface area contributed by atoms with Crippen LogP contribution in [-0.4, -0.2) is 61.2 Å². The molecule has 5 rings (SSSR count). The van der Waals surface area contributed by atoms with Crippen molar-refractivity contribution in [2.45, 2.75) is 31.6 Å². The Bertz CT molecular complexity index is 1190. The summed E-state index contributed by atoms with van der Waals surface area (Å²) >= 11 is 0. The van der Waals surface area contributed by atoms with Crippen molar-refractivity contribution in [2.24, 2.45) is 5.92 Å². The van der Waals surface area contributed by atoms with Crippen LogP contribution in [0.2, 0.25) is 0 Å². The summed E-state index contributed by atoms with van der Waals surface area (Å²) in [6, 6.07) is 14.2. The van der Waals surface area contributed by atoms with Gasteiger partial charge in [0.05, 0.1) is 19.7 Å². The summed E-state index contributed by atoms with van der Waals surface area (Å²) in [5.41, 5.74) is 8.34. The predicted octanol–water partition coefficient (Wildman–Crippen LogP) is 3.85. The lowest BCUT2D eigenvalue weighted by Crippen LogP contribution is -2.51. The molecular weight excluding hydrogens is 442 g/mol. The molecule has 0 radical (unpaired) electrons. The molecule has 0 bridgehead atoms. The molecule has 1 saturated heterocycles. The Kier molecular flexibility index (Phi) is 6.61. The van der Waals surface area contributed by atoms with Crippen LogP contribution in [0.15, 0.2) is 42.5 Å². The van der Waals surface area contributed by atoms with E-state index >= 15 is 0 Å². The van der Waals surface area contributed by atoms with Gasteiger partial charge >= 0.3 is 0 Å². The number of nitrogens with zero attached hydrogens (tertiary/aromatic N) is 4. The van der Waals surface area contributed by atoms with Gasteiger partial charge < -0.3 is 25.0 Å². The number of aromatic nitrogens is 2. The van der Waals surface area contributed by atoms with E-state index in [4.69, 9.17) is 20.2 Å². The Labute approximate surface area is 206 Å². The van der Waals surface area contributed by atoms with Crippen LogP contribution in [0.5, 0.6) is 11.5 Å². The molecule has 8 heteroatoms. The Morgan fingerprint density at radius 1 is 0.971 bits per heavy atom. The van der Waals surface area contributed by atoms with Gasteiger partial charge in [-0.25, -0.2) is 4.98 Å². The van der Waals surface area contributed by atoms with Gasteiger partial charge in [0.1, 0.15) is 5.82 Å². The highest BCUT2D eigenvalue weighted by Gasteiger charge is 2.32. The molecule has 1 saturated carbocycles. The number of methoxy groups -OCH3 is 2. The van der Waals surface area contributed by atoms with Crippen LogP contribution >= 0.6 is 0 Å². The Balaban J connectivity index is 1.25. The third-order valence-electron chi connectivity index (χ3n) is 7.39. The zero-order valence-corrected chi connectivity index (χ0v) is 20.4. The highest BCUT2D eigenvalue weighted by atomic mass is 16.5. The summed E-state index contributed by atoms with van der Waals surface area (Å²) in [5.74, 6) is 3.05. The van der Waals surface area contributed by atoms with E-state index in [2.05, 4.69) is 40.2 Å². The van der Waals surface area contributed by atoms with Crippen molar-refractivity contribution < 1.29 is 14.3 Å². The molecule has 2 fully saturated rings. The summed E-state index contributed by atoms with van der Waals surface area (Å²) in [6.45, 7) is 2.69. The van der Waals surface area contributed by atoms with Gasteiger partial charge in [-0.15, -0.1) is 0 Å². The molecule has 2 atom stereocenters. The molecule has 1 aliphatic carbocycles. The lowest BCUT2D eigenvalue weighted by molar-refractivity contribution is -0.137. The van der Waals surface area contributed by atoms with Gasteiger partial charge in [0.25, 0.3) is 0 Å². The fourth-order valence-corrected chi connectivity index (χ4v) is 5.44. The normalized spacial score (nSPS) is 20.6. The number of rotatable bonds is 5. The lowest BCUT2D eigenvalue weighted by atomic mass is 9.77. The van der Waals surface area contributed by atoms with E-state index < -0.39 is 0 Å². The average Bonchev–Trinajstić information content (AvgIpc) is 2.92. The van der Waals surface area contributed by atoms with E-state index in [9.17, 15) is 4.79 Å². The van der Waals surface area contributed by atoms with E-state index in [1.54, 1.807) is 20.3 Å². The molecule has 2 aliphatic rings. The molecule has 8 nitrogen and oxygen atoms in total. The first-order valence-corrected chi connectivity index (χ1v) is 12.3. The summed E-state index contributed by atoms with van der Waals surface area (Å²) in [5, 5.41) is 0.727. The SMILES string of the molecule is COc1cc2nc(N3CCN(C(=O)[C@H]4CCC[C@H](c5ccccc5)C4)CC3)nc(N)c2cc1OC. The van der Waals surface area contributed by atoms with Crippen LogP contribution in [0.25, 0.3) is 10.9 Å². The van der Waals surface area contributed by atoms with Crippen molar-refractivity contribution in [3.05, 3.63) is 48.0 Å². The van der Waals surface area contributed by atoms with Gasteiger partial charge in [-0.1, -0.05) is 36.8 Å². The van der Waals surface area contributed by atoms with E-state index in [1.807, 2.05) is 11.0 Å². The minimum Gasteiger partial charge on any atom is -0.493 e. The monoisotopic (exact) mass is 475 g/mol. The second kappa shape index (κ2) is 9.98. The standard InChI is InChI=1S/C27H33N5O3/c1-34-23-16-21-22(17-24(23)35-2)29-27(30-25(21)28)32-13-11-31(12-14-32)26(33)20-10-6-9-19(15-20)18-7-4-3-5-8-18/h3-5,7-8,16-17,19-20H,6,9-15H2,1-2H3,(H2,28,29,30)/t19-,20-/m0/s1.